The van der Waals surface area contributed by atoms with Gasteiger partial charge in [0.15, 0.2) is 11.6 Å². The molecule has 1 aliphatic heterocycles. The standard InChI is InChI=1S/C24H22ClF2N3O5/c25-17-16(20(32)28-12-3-4-13(26)14(27)10-12)15-2-1-9-30(15)18(17)19(31)21(33)29-24-7-5-23(11-24,6-8-24)22(34)35/h3-4,10H,1-2,5-9,11H2,(H,28,32)(H,29,33)(H,34,35). The van der Waals surface area contributed by atoms with E-state index in [1.54, 1.807) is 4.57 Å². The Balaban J connectivity index is 1.40. The highest BCUT2D eigenvalue weighted by atomic mass is 35.5. The lowest BCUT2D eigenvalue weighted by molar-refractivity contribution is -0.148. The minimum absolute atomic E-state index is 0.00911. The number of fused-ring (bicyclic) bond motifs is 3. The second-order valence-electron chi connectivity index (χ2n) is 9.65. The van der Waals surface area contributed by atoms with Crippen molar-refractivity contribution in [1.82, 2.24) is 9.88 Å². The number of rotatable bonds is 6. The van der Waals surface area contributed by atoms with E-state index in [0.717, 1.165) is 12.1 Å². The van der Waals surface area contributed by atoms with Crippen LogP contribution in [0.4, 0.5) is 14.5 Å². The minimum Gasteiger partial charge on any atom is -0.481 e. The number of carbonyl (C=O) groups is 4. The number of ketones is 1. The summed E-state index contributed by atoms with van der Waals surface area (Å²) in [4.78, 5) is 50.9. The normalized spacial score (nSPS) is 24.3. The summed E-state index contributed by atoms with van der Waals surface area (Å²) in [6.07, 6.45) is 3.17. The number of carbonyl (C=O) groups excluding carboxylic acids is 3. The van der Waals surface area contributed by atoms with Crippen LogP contribution in [0.3, 0.4) is 0 Å². The van der Waals surface area contributed by atoms with Gasteiger partial charge >= 0.3 is 5.97 Å². The van der Waals surface area contributed by atoms with Crippen LogP contribution in [-0.4, -0.2) is 38.8 Å². The van der Waals surface area contributed by atoms with Gasteiger partial charge in [-0.15, -0.1) is 0 Å². The van der Waals surface area contributed by atoms with E-state index in [-0.39, 0.29) is 28.4 Å². The topological polar surface area (TPSA) is 118 Å². The maximum Gasteiger partial charge on any atom is 0.309 e. The van der Waals surface area contributed by atoms with Gasteiger partial charge in [0.2, 0.25) is 0 Å². The molecule has 184 valence electrons. The van der Waals surface area contributed by atoms with Gasteiger partial charge in [-0.25, -0.2) is 8.78 Å². The van der Waals surface area contributed by atoms with Gasteiger partial charge in [-0.3, -0.25) is 19.2 Å². The molecule has 2 aromatic rings. The Morgan fingerprint density at radius 3 is 2.40 bits per heavy atom. The lowest BCUT2D eigenvalue weighted by atomic mass is 9.84. The first kappa shape index (κ1) is 23.5. The maximum atomic E-state index is 13.5. The third-order valence-corrected chi connectivity index (χ3v) is 7.97. The summed E-state index contributed by atoms with van der Waals surface area (Å²) in [7, 11) is 0. The number of Topliss-reactive ketones (excluding diaryl/α,β-unsaturated/α-hetero) is 1. The van der Waals surface area contributed by atoms with Gasteiger partial charge in [-0.2, -0.15) is 0 Å². The molecule has 0 saturated heterocycles. The molecule has 2 saturated carbocycles. The average Bonchev–Trinajstić information content (AvgIpc) is 3.55. The third kappa shape index (κ3) is 3.71. The van der Waals surface area contributed by atoms with Crippen molar-refractivity contribution in [3.8, 4) is 0 Å². The SMILES string of the molecule is O=C(NC12CCC(C(=O)O)(CC1)C2)C(=O)c1c(Cl)c(C(=O)Nc2ccc(F)c(F)c2)c2n1CCC2. The van der Waals surface area contributed by atoms with Crippen LogP contribution in [0.15, 0.2) is 18.2 Å². The Morgan fingerprint density at radius 2 is 1.77 bits per heavy atom. The van der Waals surface area contributed by atoms with Crippen LogP contribution >= 0.6 is 11.6 Å². The predicted octanol–water partition coefficient (Wildman–Crippen LogP) is 3.70. The molecule has 2 fully saturated rings. The van der Waals surface area contributed by atoms with E-state index >= 15 is 0 Å². The summed E-state index contributed by atoms with van der Waals surface area (Å²) >= 11 is 6.47. The Hall–Kier alpha value is -3.27. The fourth-order valence-electron chi connectivity index (χ4n) is 5.84. The number of hydrogen-bond acceptors (Lipinski definition) is 4. The molecule has 2 amide bonds. The van der Waals surface area contributed by atoms with Crippen LogP contribution in [0.2, 0.25) is 5.02 Å². The van der Waals surface area contributed by atoms with Crippen molar-refractivity contribution in [1.29, 1.82) is 0 Å². The van der Waals surface area contributed by atoms with E-state index in [4.69, 9.17) is 11.6 Å². The van der Waals surface area contributed by atoms with E-state index in [0.29, 0.717) is 50.8 Å². The van der Waals surface area contributed by atoms with Crippen LogP contribution in [0.1, 0.15) is 65.1 Å². The molecule has 2 heterocycles. The molecular formula is C24H22ClF2N3O5. The zero-order chi connectivity index (χ0) is 25.1. The maximum absolute atomic E-state index is 13.5. The number of benzene rings is 1. The average molecular weight is 506 g/mol. The number of anilines is 1. The third-order valence-electron chi connectivity index (χ3n) is 7.61. The van der Waals surface area contributed by atoms with E-state index in [1.807, 2.05) is 0 Å². The first-order chi connectivity index (χ1) is 16.6. The molecule has 35 heavy (non-hydrogen) atoms. The van der Waals surface area contributed by atoms with Crippen LogP contribution in [0.5, 0.6) is 0 Å². The van der Waals surface area contributed by atoms with Crippen LogP contribution in [0.25, 0.3) is 0 Å². The molecule has 0 radical (unpaired) electrons. The number of hydrogen-bond donors (Lipinski definition) is 3. The number of nitrogens with one attached hydrogen (secondary N) is 2. The number of carboxylic acid groups (broad SMARTS) is 1. The molecule has 2 bridgehead atoms. The highest BCUT2D eigenvalue weighted by molar-refractivity contribution is 6.48. The molecule has 3 N–H and O–H groups in total. The van der Waals surface area contributed by atoms with Crippen molar-refractivity contribution >= 4 is 40.9 Å². The molecule has 1 aromatic carbocycles. The fourth-order valence-corrected chi connectivity index (χ4v) is 6.22. The quantitative estimate of drug-likeness (QED) is 0.409. The molecule has 5 rings (SSSR count). The smallest absolute Gasteiger partial charge is 0.309 e. The fraction of sp³-hybridized carbons (Fsp3) is 0.417. The first-order valence-electron chi connectivity index (χ1n) is 11.3. The van der Waals surface area contributed by atoms with E-state index in [2.05, 4.69) is 10.6 Å². The molecule has 8 nitrogen and oxygen atoms in total. The zero-order valence-corrected chi connectivity index (χ0v) is 19.3. The van der Waals surface area contributed by atoms with Crippen molar-refractivity contribution in [2.45, 2.75) is 57.0 Å². The minimum atomic E-state index is -1.13. The van der Waals surface area contributed by atoms with Crippen LogP contribution < -0.4 is 10.6 Å². The molecule has 11 heteroatoms. The number of carboxylic acids is 1. The van der Waals surface area contributed by atoms with Crippen molar-refractivity contribution in [2.24, 2.45) is 5.41 Å². The van der Waals surface area contributed by atoms with Crippen LogP contribution in [0, 0.1) is 17.0 Å². The van der Waals surface area contributed by atoms with Gasteiger partial charge in [0.25, 0.3) is 17.6 Å². The summed E-state index contributed by atoms with van der Waals surface area (Å²) in [5.41, 5.74) is -1.22. The Morgan fingerprint density at radius 1 is 1.06 bits per heavy atom. The zero-order valence-electron chi connectivity index (χ0n) is 18.6. The van der Waals surface area contributed by atoms with Gasteiger partial charge in [0, 0.05) is 29.5 Å². The lowest BCUT2D eigenvalue weighted by Gasteiger charge is -2.27. The largest absolute Gasteiger partial charge is 0.481 e. The van der Waals surface area contributed by atoms with Crippen molar-refractivity contribution in [3.63, 3.8) is 0 Å². The Bertz CT molecular complexity index is 1300. The molecule has 1 aromatic heterocycles. The summed E-state index contributed by atoms with van der Waals surface area (Å²) in [6.45, 7) is 0.384. The van der Waals surface area contributed by atoms with Crippen LogP contribution in [-0.2, 0) is 22.6 Å². The molecule has 0 unspecified atom stereocenters. The Kier molecular flexibility index (Phi) is 5.47. The number of aliphatic carboxylic acids is 1. The summed E-state index contributed by atoms with van der Waals surface area (Å²) in [5, 5.41) is 14.6. The number of amides is 2. The van der Waals surface area contributed by atoms with Crippen molar-refractivity contribution in [3.05, 3.63) is 51.8 Å². The van der Waals surface area contributed by atoms with Crippen molar-refractivity contribution < 1.29 is 33.1 Å². The summed E-state index contributed by atoms with van der Waals surface area (Å²) < 4.78 is 28.3. The lowest BCUT2D eigenvalue weighted by Crippen LogP contribution is -2.48. The second kappa shape index (κ2) is 8.15. The van der Waals surface area contributed by atoms with E-state index in [9.17, 15) is 33.1 Å². The van der Waals surface area contributed by atoms with E-state index < -0.39 is 46.2 Å². The number of halogens is 3. The van der Waals surface area contributed by atoms with E-state index in [1.165, 1.54) is 6.07 Å². The molecule has 0 spiro atoms. The second-order valence-corrected chi connectivity index (χ2v) is 10.0. The number of aromatic nitrogens is 1. The molecular weight excluding hydrogens is 484 g/mol. The molecule has 2 aliphatic carbocycles. The van der Waals surface area contributed by atoms with Gasteiger partial charge in [-0.1, -0.05) is 11.6 Å². The predicted molar refractivity (Wildman–Crippen MR) is 120 cm³/mol. The van der Waals surface area contributed by atoms with Gasteiger partial charge < -0.3 is 20.3 Å². The highest BCUT2D eigenvalue weighted by Crippen LogP contribution is 2.56. The van der Waals surface area contributed by atoms with Gasteiger partial charge in [0.05, 0.1) is 16.0 Å². The number of nitrogens with zero attached hydrogens (tertiary/aromatic N) is 1. The molecule has 0 atom stereocenters. The summed E-state index contributed by atoms with van der Waals surface area (Å²) in [5.74, 6) is -5.58. The van der Waals surface area contributed by atoms with Gasteiger partial charge in [-0.05, 0) is 57.1 Å². The first-order valence-corrected chi connectivity index (χ1v) is 11.7. The Labute approximate surface area is 203 Å². The molecule has 3 aliphatic rings. The van der Waals surface area contributed by atoms with Crippen molar-refractivity contribution in [2.75, 3.05) is 5.32 Å². The summed E-state index contributed by atoms with van der Waals surface area (Å²) in [6, 6.07) is 2.90. The highest BCUT2D eigenvalue weighted by Gasteiger charge is 2.59. The monoisotopic (exact) mass is 505 g/mol. The van der Waals surface area contributed by atoms with Gasteiger partial charge in [0.1, 0.15) is 5.69 Å².